The van der Waals surface area contributed by atoms with E-state index in [1.807, 2.05) is 30.3 Å². The first-order valence-corrected chi connectivity index (χ1v) is 7.30. The molecule has 2 fully saturated rings. The van der Waals surface area contributed by atoms with E-state index in [0.717, 1.165) is 31.2 Å². The second-order valence-electron chi connectivity index (χ2n) is 6.25. The number of hydrogen-bond donors (Lipinski definition) is 0. The molecule has 0 heterocycles. The lowest BCUT2D eigenvalue weighted by molar-refractivity contribution is -0.124. The maximum Gasteiger partial charge on any atom is 0.163 e. The Hall–Kier alpha value is -1.44. The quantitative estimate of drug-likeness (QED) is 0.773. The third-order valence-electron chi connectivity index (χ3n) is 4.60. The summed E-state index contributed by atoms with van der Waals surface area (Å²) in [7, 11) is 0. The molecule has 0 radical (unpaired) electrons. The van der Waals surface area contributed by atoms with Gasteiger partial charge < -0.3 is 0 Å². The van der Waals surface area contributed by atoms with Crippen molar-refractivity contribution in [3.8, 4) is 0 Å². The van der Waals surface area contributed by atoms with Crippen molar-refractivity contribution < 1.29 is 9.59 Å². The van der Waals surface area contributed by atoms with E-state index in [1.54, 1.807) is 0 Å². The van der Waals surface area contributed by atoms with Crippen LogP contribution in [0.15, 0.2) is 30.3 Å². The number of fused-ring (bicyclic) bond motifs is 2. The number of carbonyl (C=O) groups is 2. The summed E-state index contributed by atoms with van der Waals surface area (Å²) < 4.78 is 0. The van der Waals surface area contributed by atoms with Crippen LogP contribution in [0.5, 0.6) is 0 Å². The maximum atomic E-state index is 12.2. The van der Waals surface area contributed by atoms with Crippen molar-refractivity contribution in [3.05, 3.63) is 35.9 Å². The summed E-state index contributed by atoms with van der Waals surface area (Å²) in [5.74, 6) is 2.29. The molecule has 1 aromatic carbocycles. The van der Waals surface area contributed by atoms with Crippen LogP contribution in [0.3, 0.4) is 0 Å². The van der Waals surface area contributed by atoms with Crippen LogP contribution in [0, 0.1) is 17.8 Å². The molecule has 2 atom stereocenters. The van der Waals surface area contributed by atoms with Crippen molar-refractivity contribution >= 4 is 11.6 Å². The third kappa shape index (κ3) is 2.94. The first-order valence-electron chi connectivity index (χ1n) is 7.30. The van der Waals surface area contributed by atoms with Gasteiger partial charge in [-0.1, -0.05) is 30.3 Å². The Bertz CT molecular complexity index is 461. The van der Waals surface area contributed by atoms with Gasteiger partial charge in [-0.2, -0.15) is 0 Å². The molecule has 0 saturated heterocycles. The second kappa shape index (κ2) is 5.28. The summed E-state index contributed by atoms with van der Waals surface area (Å²) in [4.78, 5) is 23.8. The molecular formula is C17H20O2. The van der Waals surface area contributed by atoms with E-state index in [-0.39, 0.29) is 5.78 Å². The fourth-order valence-electron chi connectivity index (χ4n) is 3.93. The lowest BCUT2D eigenvalue weighted by Crippen LogP contribution is -2.32. The molecule has 19 heavy (non-hydrogen) atoms. The van der Waals surface area contributed by atoms with Gasteiger partial charge in [0.1, 0.15) is 5.78 Å². The topological polar surface area (TPSA) is 34.1 Å². The Balaban J connectivity index is 1.62. The van der Waals surface area contributed by atoms with Gasteiger partial charge in [0, 0.05) is 24.8 Å². The van der Waals surface area contributed by atoms with Crippen molar-refractivity contribution in [1.29, 1.82) is 0 Å². The number of ketones is 2. The predicted octanol–water partition coefficient (Wildman–Crippen LogP) is 3.65. The van der Waals surface area contributed by atoms with Gasteiger partial charge >= 0.3 is 0 Å². The monoisotopic (exact) mass is 256 g/mol. The number of benzene rings is 1. The van der Waals surface area contributed by atoms with Crippen LogP contribution < -0.4 is 0 Å². The average Bonchev–Trinajstić information content (AvgIpc) is 2.38. The van der Waals surface area contributed by atoms with Gasteiger partial charge in [0.2, 0.25) is 0 Å². The first-order chi connectivity index (χ1) is 9.20. The van der Waals surface area contributed by atoms with E-state index in [4.69, 9.17) is 0 Å². The molecule has 0 aliphatic heterocycles. The predicted molar refractivity (Wildman–Crippen MR) is 74.0 cm³/mol. The minimum atomic E-state index is 0.261. The van der Waals surface area contributed by atoms with Crippen molar-refractivity contribution in [2.75, 3.05) is 0 Å². The van der Waals surface area contributed by atoms with Gasteiger partial charge in [0.15, 0.2) is 5.78 Å². The fourth-order valence-corrected chi connectivity index (χ4v) is 3.93. The van der Waals surface area contributed by atoms with E-state index >= 15 is 0 Å². The van der Waals surface area contributed by atoms with Crippen LogP contribution in [0.2, 0.25) is 0 Å². The molecule has 2 unspecified atom stereocenters. The second-order valence-corrected chi connectivity index (χ2v) is 6.25. The van der Waals surface area contributed by atoms with Gasteiger partial charge in [-0.25, -0.2) is 0 Å². The largest absolute Gasteiger partial charge is 0.300 e. The number of carbonyl (C=O) groups excluding carboxylic acids is 2. The molecule has 0 spiro atoms. The summed E-state index contributed by atoms with van der Waals surface area (Å²) in [5.41, 5.74) is 0.828. The van der Waals surface area contributed by atoms with Crippen LogP contribution in [0.4, 0.5) is 0 Å². The highest BCUT2D eigenvalue weighted by atomic mass is 16.1. The molecule has 2 saturated carbocycles. The summed E-state index contributed by atoms with van der Waals surface area (Å²) in [6, 6.07) is 9.57. The molecule has 0 amide bonds. The number of Topliss-reactive ketones (excluding diaryl/α,β-unsaturated/α-hetero) is 2. The summed E-state index contributed by atoms with van der Waals surface area (Å²) in [5, 5.41) is 0. The Labute approximate surface area is 114 Å². The lowest BCUT2D eigenvalue weighted by atomic mass is 9.66. The zero-order chi connectivity index (χ0) is 13.2. The van der Waals surface area contributed by atoms with Crippen LogP contribution in [-0.2, 0) is 4.79 Å². The van der Waals surface area contributed by atoms with Crippen LogP contribution in [0.1, 0.15) is 48.9 Å². The van der Waals surface area contributed by atoms with Gasteiger partial charge in [-0.3, -0.25) is 9.59 Å². The lowest BCUT2D eigenvalue weighted by Gasteiger charge is -2.38. The van der Waals surface area contributed by atoms with E-state index in [0.29, 0.717) is 30.0 Å². The zero-order valence-electron chi connectivity index (χ0n) is 11.2. The first kappa shape index (κ1) is 12.6. The Morgan fingerprint density at radius 3 is 2.26 bits per heavy atom. The maximum absolute atomic E-state index is 12.2. The minimum Gasteiger partial charge on any atom is -0.300 e. The molecular weight excluding hydrogens is 236 g/mol. The standard InChI is InChI=1S/C17H20O2/c18-16-9-12-6-13(10-16)8-14(7-12)11-17(19)15-4-2-1-3-5-15/h1-5,12-14H,6-11H2. The Morgan fingerprint density at radius 2 is 1.63 bits per heavy atom. The zero-order valence-corrected chi connectivity index (χ0v) is 11.2. The molecule has 0 N–H and O–H groups in total. The molecule has 2 heteroatoms. The average molecular weight is 256 g/mol. The van der Waals surface area contributed by atoms with Crippen molar-refractivity contribution in [2.24, 2.45) is 17.8 Å². The highest BCUT2D eigenvalue weighted by Crippen LogP contribution is 2.42. The van der Waals surface area contributed by atoms with Gasteiger partial charge in [-0.15, -0.1) is 0 Å². The molecule has 1 aromatic rings. The van der Waals surface area contributed by atoms with Crippen molar-refractivity contribution in [3.63, 3.8) is 0 Å². The molecule has 2 aliphatic carbocycles. The Morgan fingerprint density at radius 1 is 1.00 bits per heavy atom. The smallest absolute Gasteiger partial charge is 0.163 e. The normalized spacial score (nSPS) is 30.1. The highest BCUT2D eigenvalue weighted by molar-refractivity contribution is 5.96. The van der Waals surface area contributed by atoms with Crippen molar-refractivity contribution in [2.45, 2.75) is 38.5 Å². The number of rotatable bonds is 3. The van der Waals surface area contributed by atoms with Gasteiger partial charge in [0.05, 0.1) is 0 Å². The summed E-state index contributed by atoms with van der Waals surface area (Å²) >= 11 is 0. The van der Waals surface area contributed by atoms with Crippen LogP contribution in [0.25, 0.3) is 0 Å². The van der Waals surface area contributed by atoms with Crippen molar-refractivity contribution in [1.82, 2.24) is 0 Å². The van der Waals surface area contributed by atoms with E-state index in [1.165, 1.54) is 6.42 Å². The minimum absolute atomic E-state index is 0.261. The van der Waals surface area contributed by atoms with E-state index < -0.39 is 0 Å². The van der Waals surface area contributed by atoms with E-state index in [2.05, 4.69) is 0 Å². The summed E-state index contributed by atoms with van der Waals surface area (Å²) in [6.45, 7) is 0. The molecule has 2 aliphatic rings. The summed E-state index contributed by atoms with van der Waals surface area (Å²) in [6.07, 6.45) is 5.52. The van der Waals surface area contributed by atoms with Crippen LogP contribution in [-0.4, -0.2) is 11.6 Å². The SMILES string of the molecule is O=C1CC2CC(C1)CC(CC(=O)c1ccccc1)C2. The fraction of sp³-hybridized carbons (Fsp3) is 0.529. The number of hydrogen-bond acceptors (Lipinski definition) is 2. The molecule has 2 nitrogen and oxygen atoms in total. The van der Waals surface area contributed by atoms with Crippen LogP contribution >= 0.6 is 0 Å². The van der Waals surface area contributed by atoms with E-state index in [9.17, 15) is 9.59 Å². The Kier molecular flexibility index (Phi) is 3.50. The molecule has 3 rings (SSSR count). The molecule has 100 valence electrons. The molecule has 0 aromatic heterocycles. The third-order valence-corrected chi connectivity index (χ3v) is 4.60. The molecule has 2 bridgehead atoms. The highest BCUT2D eigenvalue weighted by Gasteiger charge is 2.35. The van der Waals surface area contributed by atoms with Gasteiger partial charge in [-0.05, 0) is 37.0 Å². The van der Waals surface area contributed by atoms with Gasteiger partial charge in [0.25, 0.3) is 0 Å².